The van der Waals surface area contributed by atoms with E-state index in [2.05, 4.69) is 40.4 Å². The van der Waals surface area contributed by atoms with Crippen molar-refractivity contribution >= 4 is 22.9 Å². The second-order valence-corrected chi connectivity index (χ2v) is 8.38. The molecule has 2 aliphatic rings. The fourth-order valence-corrected chi connectivity index (χ4v) is 4.70. The number of aryl methyl sites for hydroxylation is 1. The number of benzene rings is 1. The number of fused-ring (bicyclic) bond motifs is 1. The van der Waals surface area contributed by atoms with Gasteiger partial charge in [-0.05, 0) is 44.5 Å². The van der Waals surface area contributed by atoms with E-state index in [9.17, 15) is 4.79 Å². The average molecular weight is 356 g/mol. The van der Waals surface area contributed by atoms with Crippen LogP contribution in [0.1, 0.15) is 41.9 Å². The SMILES string of the molecule is Cc1nc(CN2CCC(C(=O)N3CC(C)c4ccccc43)CC2)cs1. The number of amides is 1. The molecule has 1 fully saturated rings. The highest BCUT2D eigenvalue weighted by molar-refractivity contribution is 7.09. The highest BCUT2D eigenvalue weighted by atomic mass is 32.1. The molecule has 4 rings (SSSR count). The number of carbonyl (C=O) groups excluding carboxylic acids is 1. The average Bonchev–Trinajstić information content (AvgIpc) is 3.19. The topological polar surface area (TPSA) is 36.4 Å². The lowest BCUT2D eigenvalue weighted by molar-refractivity contribution is -0.123. The number of likely N-dealkylation sites (tertiary alicyclic amines) is 1. The highest BCUT2D eigenvalue weighted by Crippen LogP contribution is 2.37. The van der Waals surface area contributed by atoms with Crippen molar-refractivity contribution in [1.82, 2.24) is 9.88 Å². The van der Waals surface area contributed by atoms with Gasteiger partial charge in [0.15, 0.2) is 0 Å². The lowest BCUT2D eigenvalue weighted by atomic mass is 9.95. The minimum absolute atomic E-state index is 0.159. The summed E-state index contributed by atoms with van der Waals surface area (Å²) in [7, 11) is 0. The molecule has 1 aromatic heterocycles. The standard InChI is InChI=1S/C20H25N3OS/c1-14-11-23(19-6-4-3-5-18(14)19)20(24)16-7-9-22(10-8-16)12-17-13-25-15(2)21-17/h3-6,13-14,16H,7-12H2,1-2H3. The molecule has 25 heavy (non-hydrogen) atoms. The zero-order chi connectivity index (χ0) is 17.4. The Kier molecular flexibility index (Phi) is 4.61. The van der Waals surface area contributed by atoms with Crippen LogP contribution < -0.4 is 4.90 Å². The Morgan fingerprint density at radius 2 is 2.04 bits per heavy atom. The number of hydrogen-bond donors (Lipinski definition) is 0. The molecular formula is C20H25N3OS. The Morgan fingerprint density at radius 3 is 2.76 bits per heavy atom. The lowest BCUT2D eigenvalue weighted by Gasteiger charge is -2.33. The minimum Gasteiger partial charge on any atom is -0.311 e. The summed E-state index contributed by atoms with van der Waals surface area (Å²) in [6, 6.07) is 8.36. The van der Waals surface area contributed by atoms with E-state index in [0.29, 0.717) is 11.8 Å². The van der Waals surface area contributed by atoms with Crippen LogP contribution >= 0.6 is 11.3 Å². The van der Waals surface area contributed by atoms with Crippen LogP contribution in [0.2, 0.25) is 0 Å². The number of carbonyl (C=O) groups is 1. The van der Waals surface area contributed by atoms with E-state index in [1.807, 2.05) is 17.9 Å². The number of nitrogens with zero attached hydrogens (tertiary/aromatic N) is 3. The first-order valence-electron chi connectivity index (χ1n) is 9.15. The van der Waals surface area contributed by atoms with E-state index in [4.69, 9.17) is 0 Å². The molecule has 0 bridgehead atoms. The van der Waals surface area contributed by atoms with Gasteiger partial charge in [0.2, 0.25) is 5.91 Å². The van der Waals surface area contributed by atoms with Gasteiger partial charge in [-0.15, -0.1) is 11.3 Å². The van der Waals surface area contributed by atoms with Crippen molar-refractivity contribution in [3.63, 3.8) is 0 Å². The van der Waals surface area contributed by atoms with Crippen molar-refractivity contribution in [3.05, 3.63) is 45.9 Å². The third-order valence-electron chi connectivity index (χ3n) is 5.47. The summed E-state index contributed by atoms with van der Waals surface area (Å²) in [5.74, 6) is 0.917. The summed E-state index contributed by atoms with van der Waals surface area (Å²) in [5.41, 5.74) is 3.60. The quantitative estimate of drug-likeness (QED) is 0.840. The van der Waals surface area contributed by atoms with Gasteiger partial charge >= 0.3 is 0 Å². The Morgan fingerprint density at radius 1 is 1.28 bits per heavy atom. The fourth-order valence-electron chi connectivity index (χ4n) is 4.10. The maximum Gasteiger partial charge on any atom is 0.230 e. The van der Waals surface area contributed by atoms with Crippen molar-refractivity contribution in [2.75, 3.05) is 24.5 Å². The zero-order valence-electron chi connectivity index (χ0n) is 14.9. The fraction of sp³-hybridized carbons (Fsp3) is 0.500. The number of thiazole rings is 1. The van der Waals surface area contributed by atoms with E-state index in [1.165, 1.54) is 5.56 Å². The number of rotatable bonds is 3. The Labute approximate surface area is 153 Å². The van der Waals surface area contributed by atoms with Crippen LogP contribution in [0, 0.1) is 12.8 Å². The molecule has 132 valence electrons. The Balaban J connectivity index is 1.37. The molecule has 5 heteroatoms. The molecule has 0 saturated carbocycles. The molecule has 0 aliphatic carbocycles. The van der Waals surface area contributed by atoms with Gasteiger partial charge in [-0.1, -0.05) is 25.1 Å². The summed E-state index contributed by atoms with van der Waals surface area (Å²) in [4.78, 5) is 22.1. The van der Waals surface area contributed by atoms with Gasteiger partial charge < -0.3 is 4.90 Å². The van der Waals surface area contributed by atoms with Gasteiger partial charge in [0.1, 0.15) is 0 Å². The van der Waals surface area contributed by atoms with Gasteiger partial charge in [0.05, 0.1) is 10.7 Å². The van der Waals surface area contributed by atoms with Crippen LogP contribution in [0.25, 0.3) is 0 Å². The number of aromatic nitrogens is 1. The van der Waals surface area contributed by atoms with Crippen molar-refractivity contribution in [2.45, 2.75) is 39.2 Å². The maximum absolute atomic E-state index is 13.1. The normalized spacial score (nSPS) is 21.5. The molecule has 1 saturated heterocycles. The van der Waals surface area contributed by atoms with Crippen LogP contribution in [0.3, 0.4) is 0 Å². The summed E-state index contributed by atoms with van der Waals surface area (Å²) < 4.78 is 0. The van der Waals surface area contributed by atoms with Gasteiger partial charge in [0.25, 0.3) is 0 Å². The van der Waals surface area contributed by atoms with E-state index < -0.39 is 0 Å². The molecule has 1 aromatic carbocycles. The highest BCUT2D eigenvalue weighted by Gasteiger charge is 2.34. The van der Waals surface area contributed by atoms with E-state index in [-0.39, 0.29) is 5.92 Å². The van der Waals surface area contributed by atoms with Gasteiger partial charge in [-0.2, -0.15) is 0 Å². The van der Waals surface area contributed by atoms with Gasteiger partial charge in [-0.3, -0.25) is 9.69 Å². The number of hydrogen-bond acceptors (Lipinski definition) is 4. The van der Waals surface area contributed by atoms with Crippen molar-refractivity contribution in [3.8, 4) is 0 Å². The number of anilines is 1. The molecule has 4 nitrogen and oxygen atoms in total. The molecule has 0 radical (unpaired) electrons. The maximum atomic E-state index is 13.1. The van der Waals surface area contributed by atoms with Crippen molar-refractivity contribution in [1.29, 1.82) is 0 Å². The first-order valence-corrected chi connectivity index (χ1v) is 10.0. The molecular weight excluding hydrogens is 330 g/mol. The second kappa shape index (κ2) is 6.89. The van der Waals surface area contributed by atoms with Crippen LogP contribution in [0.5, 0.6) is 0 Å². The molecule has 2 aliphatic heterocycles. The predicted molar refractivity (Wildman–Crippen MR) is 102 cm³/mol. The summed E-state index contributed by atoms with van der Waals surface area (Å²) >= 11 is 1.71. The monoisotopic (exact) mass is 355 g/mol. The van der Waals surface area contributed by atoms with Crippen LogP contribution in [0.15, 0.2) is 29.6 Å². The number of para-hydroxylation sites is 1. The first-order chi connectivity index (χ1) is 12.1. The molecule has 1 amide bonds. The molecule has 1 atom stereocenters. The van der Waals surface area contributed by atoms with E-state index >= 15 is 0 Å². The zero-order valence-corrected chi connectivity index (χ0v) is 15.8. The van der Waals surface area contributed by atoms with E-state index in [1.54, 1.807) is 11.3 Å². The second-order valence-electron chi connectivity index (χ2n) is 7.32. The van der Waals surface area contributed by atoms with Crippen LogP contribution in [-0.4, -0.2) is 35.4 Å². The third-order valence-corrected chi connectivity index (χ3v) is 6.29. The molecule has 0 N–H and O–H groups in total. The van der Waals surface area contributed by atoms with Gasteiger partial charge in [0, 0.05) is 36.0 Å². The lowest BCUT2D eigenvalue weighted by Crippen LogP contribution is -2.42. The summed E-state index contributed by atoms with van der Waals surface area (Å²) in [6.07, 6.45) is 1.91. The van der Waals surface area contributed by atoms with Crippen LogP contribution in [-0.2, 0) is 11.3 Å². The molecule has 0 spiro atoms. The van der Waals surface area contributed by atoms with E-state index in [0.717, 1.165) is 55.4 Å². The first kappa shape index (κ1) is 16.7. The smallest absolute Gasteiger partial charge is 0.230 e. The largest absolute Gasteiger partial charge is 0.311 e. The minimum atomic E-state index is 0.159. The Hall–Kier alpha value is -1.72. The molecule has 1 unspecified atom stereocenters. The Bertz CT molecular complexity index is 764. The third kappa shape index (κ3) is 3.35. The summed E-state index contributed by atoms with van der Waals surface area (Å²) in [5, 5.41) is 3.27. The molecule has 2 aromatic rings. The van der Waals surface area contributed by atoms with Crippen LogP contribution in [0.4, 0.5) is 5.69 Å². The van der Waals surface area contributed by atoms with Gasteiger partial charge in [-0.25, -0.2) is 4.98 Å². The number of piperidine rings is 1. The molecule has 3 heterocycles. The predicted octanol–water partition coefficient (Wildman–Crippen LogP) is 3.81. The van der Waals surface area contributed by atoms with Crippen molar-refractivity contribution in [2.24, 2.45) is 5.92 Å². The van der Waals surface area contributed by atoms with Crippen molar-refractivity contribution < 1.29 is 4.79 Å². The summed E-state index contributed by atoms with van der Waals surface area (Å²) in [6.45, 7) is 7.97.